The zero-order chi connectivity index (χ0) is 19.1. The summed E-state index contributed by atoms with van der Waals surface area (Å²) < 4.78 is 5.33. The molecule has 27 heavy (non-hydrogen) atoms. The van der Waals surface area contributed by atoms with Crippen LogP contribution in [-0.4, -0.2) is 60.7 Å². The quantitative estimate of drug-likeness (QED) is 0.644. The monoisotopic (exact) mass is 368 g/mol. The van der Waals surface area contributed by atoms with Crippen LogP contribution in [0.4, 0.5) is 5.95 Å². The Hall–Kier alpha value is -2.83. The lowest BCUT2D eigenvalue weighted by Gasteiger charge is -2.36. The summed E-state index contributed by atoms with van der Waals surface area (Å²) in [5.41, 5.74) is 2.31. The van der Waals surface area contributed by atoms with Gasteiger partial charge in [-0.25, -0.2) is 15.0 Å². The van der Waals surface area contributed by atoms with Gasteiger partial charge >= 0.3 is 0 Å². The van der Waals surface area contributed by atoms with Crippen molar-refractivity contribution in [1.82, 2.24) is 20.2 Å². The highest BCUT2D eigenvalue weighted by molar-refractivity contribution is 5.80. The average Bonchev–Trinajstić information content (AvgIpc) is 2.72. The first-order valence-electron chi connectivity index (χ1n) is 9.40. The van der Waals surface area contributed by atoms with E-state index in [0.717, 1.165) is 55.9 Å². The molecule has 144 valence electrons. The molecule has 0 spiro atoms. The van der Waals surface area contributed by atoms with Crippen LogP contribution in [0.15, 0.2) is 41.7 Å². The zero-order valence-electron chi connectivity index (χ0n) is 16.4. The summed E-state index contributed by atoms with van der Waals surface area (Å²) in [7, 11) is 1.70. The second kappa shape index (κ2) is 9.21. The molecule has 3 rings (SSSR count). The van der Waals surface area contributed by atoms with Gasteiger partial charge in [-0.2, -0.15) is 0 Å². The van der Waals surface area contributed by atoms with Crippen molar-refractivity contribution < 1.29 is 4.74 Å². The number of rotatable bonds is 5. The topological polar surface area (TPSA) is 65.9 Å². The van der Waals surface area contributed by atoms with Gasteiger partial charge in [-0.05, 0) is 37.1 Å². The van der Waals surface area contributed by atoms with Gasteiger partial charge in [-0.15, -0.1) is 0 Å². The molecule has 0 radical (unpaired) electrons. The van der Waals surface area contributed by atoms with E-state index in [-0.39, 0.29) is 0 Å². The van der Waals surface area contributed by atoms with Crippen molar-refractivity contribution in [3.8, 4) is 5.75 Å². The number of piperazine rings is 1. The van der Waals surface area contributed by atoms with Crippen LogP contribution in [0.2, 0.25) is 0 Å². The molecule has 0 bridgehead atoms. The normalized spacial score (nSPS) is 15.0. The third kappa shape index (κ3) is 4.87. The van der Waals surface area contributed by atoms with E-state index in [1.54, 1.807) is 19.5 Å². The first-order valence-corrected chi connectivity index (χ1v) is 9.40. The fraction of sp³-hybridized carbons (Fsp3) is 0.450. The molecule has 1 saturated heterocycles. The van der Waals surface area contributed by atoms with Gasteiger partial charge in [0, 0.05) is 45.1 Å². The highest BCUT2D eigenvalue weighted by atomic mass is 16.5. The van der Waals surface area contributed by atoms with Gasteiger partial charge < -0.3 is 19.9 Å². The molecule has 1 aliphatic heterocycles. The summed E-state index contributed by atoms with van der Waals surface area (Å²) in [6, 6.07) is 8.06. The maximum absolute atomic E-state index is 5.33. The third-order valence-electron chi connectivity index (χ3n) is 4.62. The molecule has 2 heterocycles. The molecule has 0 aliphatic carbocycles. The van der Waals surface area contributed by atoms with Gasteiger partial charge in [0.1, 0.15) is 5.75 Å². The van der Waals surface area contributed by atoms with E-state index in [1.807, 2.05) is 12.1 Å². The van der Waals surface area contributed by atoms with Crippen molar-refractivity contribution in [2.75, 3.05) is 44.7 Å². The number of guanidine groups is 1. The van der Waals surface area contributed by atoms with Crippen molar-refractivity contribution in [2.45, 2.75) is 20.4 Å². The van der Waals surface area contributed by atoms with Crippen LogP contribution in [0, 0.1) is 6.92 Å². The minimum atomic E-state index is 0.648. The Kier molecular flexibility index (Phi) is 6.46. The van der Waals surface area contributed by atoms with Crippen LogP contribution < -0.4 is 15.0 Å². The first-order chi connectivity index (χ1) is 13.2. The molecule has 2 aromatic rings. The van der Waals surface area contributed by atoms with Crippen LogP contribution in [-0.2, 0) is 6.54 Å². The Morgan fingerprint density at radius 3 is 2.56 bits per heavy atom. The number of hydrogen-bond acceptors (Lipinski definition) is 5. The number of ether oxygens (including phenoxy) is 1. The standard InChI is InChI=1S/C20H28N6O/c1-4-21-19(24-15-17-6-7-18(27-3)16(2)14-17)25-10-12-26(13-11-25)20-22-8-5-9-23-20/h5-9,14H,4,10-13,15H2,1-3H3,(H,21,24). The zero-order valence-corrected chi connectivity index (χ0v) is 16.4. The molecule has 0 atom stereocenters. The summed E-state index contributed by atoms with van der Waals surface area (Å²) in [4.78, 5) is 18.1. The Morgan fingerprint density at radius 2 is 1.93 bits per heavy atom. The Labute approximate surface area is 161 Å². The number of aliphatic imine (C=N–C) groups is 1. The number of nitrogens with one attached hydrogen (secondary N) is 1. The molecule has 7 heteroatoms. The third-order valence-corrected chi connectivity index (χ3v) is 4.62. The second-order valence-corrected chi connectivity index (χ2v) is 6.50. The molecule has 0 unspecified atom stereocenters. The largest absolute Gasteiger partial charge is 0.496 e. The smallest absolute Gasteiger partial charge is 0.225 e. The highest BCUT2D eigenvalue weighted by Crippen LogP contribution is 2.19. The van der Waals surface area contributed by atoms with Crippen molar-refractivity contribution in [3.63, 3.8) is 0 Å². The summed E-state index contributed by atoms with van der Waals surface area (Å²) in [6.07, 6.45) is 3.58. The van der Waals surface area contributed by atoms with Crippen LogP contribution in [0.1, 0.15) is 18.1 Å². The molecule has 1 N–H and O–H groups in total. The number of benzene rings is 1. The lowest BCUT2D eigenvalue weighted by Crippen LogP contribution is -2.52. The maximum atomic E-state index is 5.33. The number of aromatic nitrogens is 2. The summed E-state index contributed by atoms with van der Waals surface area (Å²) in [5, 5.41) is 3.42. The minimum absolute atomic E-state index is 0.648. The first kappa shape index (κ1) is 18.9. The highest BCUT2D eigenvalue weighted by Gasteiger charge is 2.21. The fourth-order valence-electron chi connectivity index (χ4n) is 3.20. The van der Waals surface area contributed by atoms with Crippen molar-refractivity contribution in [1.29, 1.82) is 0 Å². The van der Waals surface area contributed by atoms with E-state index in [4.69, 9.17) is 9.73 Å². The van der Waals surface area contributed by atoms with Gasteiger partial charge in [0.15, 0.2) is 5.96 Å². The predicted molar refractivity (Wildman–Crippen MR) is 108 cm³/mol. The second-order valence-electron chi connectivity index (χ2n) is 6.50. The van der Waals surface area contributed by atoms with E-state index in [0.29, 0.717) is 6.54 Å². The van der Waals surface area contributed by atoms with E-state index in [2.05, 4.69) is 51.1 Å². The molecule has 0 saturated carbocycles. The lowest BCUT2D eigenvalue weighted by molar-refractivity contribution is 0.370. The lowest BCUT2D eigenvalue weighted by atomic mass is 10.1. The average molecular weight is 368 g/mol. The Balaban J connectivity index is 1.63. The molecule has 0 amide bonds. The predicted octanol–water partition coefficient (Wildman–Crippen LogP) is 2.08. The molecule has 1 aromatic heterocycles. The summed E-state index contributed by atoms with van der Waals surface area (Å²) >= 11 is 0. The van der Waals surface area contributed by atoms with Crippen molar-refractivity contribution >= 4 is 11.9 Å². The molecule has 1 aromatic carbocycles. The Bertz CT molecular complexity index is 756. The molecule has 1 fully saturated rings. The van der Waals surface area contributed by atoms with Gasteiger partial charge in [-0.3, -0.25) is 0 Å². The van der Waals surface area contributed by atoms with E-state index in [9.17, 15) is 0 Å². The summed E-state index contributed by atoms with van der Waals surface area (Å²) in [5.74, 6) is 2.67. The van der Waals surface area contributed by atoms with Crippen LogP contribution >= 0.6 is 0 Å². The van der Waals surface area contributed by atoms with E-state index < -0.39 is 0 Å². The number of hydrogen-bond donors (Lipinski definition) is 1. The number of methoxy groups -OCH3 is 1. The SMILES string of the molecule is CCNC(=NCc1ccc(OC)c(C)c1)N1CCN(c2ncccn2)CC1. The molecular weight excluding hydrogens is 340 g/mol. The maximum Gasteiger partial charge on any atom is 0.225 e. The molecule has 1 aliphatic rings. The molecule has 7 nitrogen and oxygen atoms in total. The van der Waals surface area contributed by atoms with Gasteiger partial charge in [0.2, 0.25) is 5.95 Å². The minimum Gasteiger partial charge on any atom is -0.496 e. The Morgan fingerprint density at radius 1 is 1.19 bits per heavy atom. The fourth-order valence-corrected chi connectivity index (χ4v) is 3.20. The van der Waals surface area contributed by atoms with E-state index in [1.165, 1.54) is 5.56 Å². The van der Waals surface area contributed by atoms with Gasteiger partial charge in [0.25, 0.3) is 0 Å². The molecular formula is C20H28N6O. The van der Waals surface area contributed by atoms with Crippen molar-refractivity contribution in [3.05, 3.63) is 47.8 Å². The van der Waals surface area contributed by atoms with E-state index >= 15 is 0 Å². The van der Waals surface area contributed by atoms with Crippen LogP contribution in [0.5, 0.6) is 5.75 Å². The van der Waals surface area contributed by atoms with Crippen LogP contribution in [0.3, 0.4) is 0 Å². The number of anilines is 1. The van der Waals surface area contributed by atoms with Crippen molar-refractivity contribution in [2.24, 2.45) is 4.99 Å². The van der Waals surface area contributed by atoms with Gasteiger partial charge in [-0.1, -0.05) is 12.1 Å². The van der Waals surface area contributed by atoms with Crippen LogP contribution in [0.25, 0.3) is 0 Å². The van der Waals surface area contributed by atoms with Gasteiger partial charge in [0.05, 0.1) is 13.7 Å². The number of nitrogens with zero attached hydrogens (tertiary/aromatic N) is 5. The summed E-state index contributed by atoms with van der Waals surface area (Å²) in [6.45, 7) is 9.21. The number of aryl methyl sites for hydroxylation is 1.